The molecule has 0 radical (unpaired) electrons. The summed E-state index contributed by atoms with van der Waals surface area (Å²) < 4.78 is 16.2. The van der Waals surface area contributed by atoms with Crippen molar-refractivity contribution in [2.24, 2.45) is 0 Å². The zero-order valence-electron chi connectivity index (χ0n) is 15.3. The summed E-state index contributed by atoms with van der Waals surface area (Å²) in [6.07, 6.45) is 0. The van der Waals surface area contributed by atoms with Crippen LogP contribution in [0.4, 0.5) is 5.69 Å². The van der Waals surface area contributed by atoms with Crippen LogP contribution in [-0.2, 0) is 4.79 Å². The number of hydrogen-bond acceptors (Lipinski definition) is 4. The van der Waals surface area contributed by atoms with Crippen LogP contribution in [0.25, 0.3) is 11.1 Å². The third kappa shape index (κ3) is 4.79. The number of ether oxygens (including phenoxy) is 3. The molecule has 5 heteroatoms. The lowest BCUT2D eigenvalue weighted by Crippen LogP contribution is -2.20. The lowest BCUT2D eigenvalue weighted by Gasteiger charge is -2.13. The number of carbonyl (C=O) groups is 1. The number of anilines is 1. The Kier molecular flexibility index (Phi) is 5.94. The number of para-hydroxylation sites is 1. The van der Waals surface area contributed by atoms with Gasteiger partial charge in [0.25, 0.3) is 5.91 Å². The van der Waals surface area contributed by atoms with E-state index < -0.39 is 0 Å². The fourth-order valence-corrected chi connectivity index (χ4v) is 2.67. The first kappa shape index (κ1) is 18.3. The summed E-state index contributed by atoms with van der Waals surface area (Å²) in [5.41, 5.74) is 2.55. The minimum Gasteiger partial charge on any atom is -0.497 e. The van der Waals surface area contributed by atoms with Gasteiger partial charge >= 0.3 is 0 Å². The highest BCUT2D eigenvalue weighted by Gasteiger charge is 2.10. The SMILES string of the molecule is COc1cc(NC(=O)COc2ccccc2-c2ccccc2)cc(OC)c1. The molecule has 0 atom stereocenters. The Balaban J connectivity index is 1.69. The molecule has 0 bridgehead atoms. The predicted molar refractivity (Wildman–Crippen MR) is 106 cm³/mol. The van der Waals surface area contributed by atoms with Gasteiger partial charge in [0.1, 0.15) is 17.2 Å². The number of nitrogens with one attached hydrogen (secondary N) is 1. The first-order chi connectivity index (χ1) is 13.2. The number of methoxy groups -OCH3 is 2. The lowest BCUT2D eigenvalue weighted by molar-refractivity contribution is -0.118. The van der Waals surface area contributed by atoms with Gasteiger partial charge < -0.3 is 19.5 Å². The first-order valence-corrected chi connectivity index (χ1v) is 8.50. The van der Waals surface area contributed by atoms with Crippen molar-refractivity contribution < 1.29 is 19.0 Å². The number of carbonyl (C=O) groups excluding carboxylic acids is 1. The molecule has 3 aromatic carbocycles. The number of hydrogen-bond donors (Lipinski definition) is 1. The molecule has 0 unspecified atom stereocenters. The minimum absolute atomic E-state index is 0.108. The van der Waals surface area contributed by atoms with Crippen molar-refractivity contribution >= 4 is 11.6 Å². The van der Waals surface area contributed by atoms with Crippen molar-refractivity contribution in [3.05, 3.63) is 72.8 Å². The van der Waals surface area contributed by atoms with Crippen molar-refractivity contribution in [2.75, 3.05) is 26.1 Å². The molecule has 0 aromatic heterocycles. The Morgan fingerprint density at radius 1 is 0.852 bits per heavy atom. The van der Waals surface area contributed by atoms with E-state index in [2.05, 4.69) is 5.32 Å². The molecule has 27 heavy (non-hydrogen) atoms. The van der Waals surface area contributed by atoms with Crippen LogP contribution in [0.2, 0.25) is 0 Å². The fourth-order valence-electron chi connectivity index (χ4n) is 2.67. The van der Waals surface area contributed by atoms with E-state index in [-0.39, 0.29) is 12.5 Å². The van der Waals surface area contributed by atoms with Crippen molar-refractivity contribution in [2.45, 2.75) is 0 Å². The van der Waals surface area contributed by atoms with Crippen molar-refractivity contribution in [3.63, 3.8) is 0 Å². The van der Waals surface area contributed by atoms with Gasteiger partial charge in [-0.25, -0.2) is 0 Å². The van der Waals surface area contributed by atoms with E-state index in [0.29, 0.717) is 22.9 Å². The van der Waals surface area contributed by atoms with Gasteiger partial charge in [0.05, 0.1) is 14.2 Å². The van der Waals surface area contributed by atoms with Crippen LogP contribution in [0.1, 0.15) is 0 Å². The van der Waals surface area contributed by atoms with E-state index >= 15 is 0 Å². The van der Waals surface area contributed by atoms with E-state index in [9.17, 15) is 4.79 Å². The maximum Gasteiger partial charge on any atom is 0.262 e. The summed E-state index contributed by atoms with van der Waals surface area (Å²) in [6, 6.07) is 22.7. The van der Waals surface area contributed by atoms with E-state index in [1.165, 1.54) is 0 Å². The summed E-state index contributed by atoms with van der Waals surface area (Å²) in [6.45, 7) is -0.108. The van der Waals surface area contributed by atoms with Gasteiger partial charge in [0.2, 0.25) is 0 Å². The Bertz CT molecular complexity index is 887. The summed E-state index contributed by atoms with van der Waals surface area (Å²) in [7, 11) is 3.12. The summed E-state index contributed by atoms with van der Waals surface area (Å²) in [5, 5.41) is 2.80. The monoisotopic (exact) mass is 363 g/mol. The van der Waals surface area contributed by atoms with Crippen LogP contribution in [0.3, 0.4) is 0 Å². The molecular weight excluding hydrogens is 342 g/mol. The standard InChI is InChI=1S/C22H21NO4/c1-25-18-12-17(13-19(14-18)26-2)23-22(24)15-27-21-11-7-6-10-20(21)16-8-4-3-5-9-16/h3-14H,15H2,1-2H3,(H,23,24). The Morgan fingerprint density at radius 3 is 2.15 bits per heavy atom. The molecular formula is C22H21NO4. The molecule has 0 saturated carbocycles. The maximum absolute atomic E-state index is 12.3. The van der Waals surface area contributed by atoms with E-state index in [4.69, 9.17) is 14.2 Å². The number of benzene rings is 3. The highest BCUT2D eigenvalue weighted by molar-refractivity contribution is 5.92. The predicted octanol–water partition coefficient (Wildman–Crippen LogP) is 4.39. The minimum atomic E-state index is -0.270. The largest absolute Gasteiger partial charge is 0.497 e. The first-order valence-electron chi connectivity index (χ1n) is 8.50. The molecule has 3 aromatic rings. The van der Waals surface area contributed by atoms with Gasteiger partial charge in [0, 0.05) is 29.4 Å². The molecule has 0 aliphatic heterocycles. The quantitative estimate of drug-likeness (QED) is 0.676. The third-order valence-electron chi connectivity index (χ3n) is 3.97. The Labute approximate surface area is 158 Å². The van der Waals surface area contributed by atoms with Gasteiger partial charge in [-0.1, -0.05) is 48.5 Å². The van der Waals surface area contributed by atoms with Crippen LogP contribution in [0.5, 0.6) is 17.2 Å². The summed E-state index contributed by atoms with van der Waals surface area (Å²) in [4.78, 5) is 12.3. The van der Waals surface area contributed by atoms with Crippen LogP contribution >= 0.6 is 0 Å². The maximum atomic E-state index is 12.3. The second-order valence-electron chi connectivity index (χ2n) is 5.80. The molecule has 0 saturated heterocycles. The summed E-state index contributed by atoms with van der Waals surface area (Å²) >= 11 is 0. The van der Waals surface area contributed by atoms with E-state index in [1.807, 2.05) is 54.6 Å². The zero-order valence-corrected chi connectivity index (χ0v) is 15.3. The molecule has 0 aliphatic rings. The highest BCUT2D eigenvalue weighted by Crippen LogP contribution is 2.29. The molecule has 1 amide bonds. The van der Waals surface area contributed by atoms with Gasteiger partial charge in [-0.05, 0) is 11.6 Å². The Morgan fingerprint density at radius 2 is 1.48 bits per heavy atom. The van der Waals surface area contributed by atoms with Crippen LogP contribution in [0.15, 0.2) is 72.8 Å². The smallest absolute Gasteiger partial charge is 0.262 e. The van der Waals surface area contributed by atoms with Gasteiger partial charge in [-0.3, -0.25) is 4.79 Å². The summed E-state index contributed by atoms with van der Waals surface area (Å²) in [5.74, 6) is 1.58. The second-order valence-corrected chi connectivity index (χ2v) is 5.80. The highest BCUT2D eigenvalue weighted by atomic mass is 16.5. The normalized spacial score (nSPS) is 10.1. The molecule has 3 rings (SSSR count). The van der Waals surface area contributed by atoms with Crippen molar-refractivity contribution in [1.82, 2.24) is 0 Å². The van der Waals surface area contributed by atoms with Crippen LogP contribution in [0, 0.1) is 0 Å². The van der Waals surface area contributed by atoms with Crippen LogP contribution < -0.4 is 19.5 Å². The van der Waals surface area contributed by atoms with Crippen LogP contribution in [-0.4, -0.2) is 26.7 Å². The molecule has 0 spiro atoms. The molecule has 5 nitrogen and oxygen atoms in total. The van der Waals surface area contributed by atoms with E-state index in [1.54, 1.807) is 32.4 Å². The average Bonchev–Trinajstić information content (AvgIpc) is 2.72. The van der Waals surface area contributed by atoms with Crippen molar-refractivity contribution in [3.8, 4) is 28.4 Å². The van der Waals surface area contributed by atoms with Gasteiger partial charge in [-0.15, -0.1) is 0 Å². The van der Waals surface area contributed by atoms with Gasteiger partial charge in [0.15, 0.2) is 6.61 Å². The van der Waals surface area contributed by atoms with Crippen molar-refractivity contribution in [1.29, 1.82) is 0 Å². The number of amides is 1. The molecule has 0 aliphatic carbocycles. The number of rotatable bonds is 7. The average molecular weight is 363 g/mol. The lowest BCUT2D eigenvalue weighted by atomic mass is 10.1. The second kappa shape index (κ2) is 8.76. The third-order valence-corrected chi connectivity index (χ3v) is 3.97. The zero-order chi connectivity index (χ0) is 19.1. The van der Waals surface area contributed by atoms with E-state index in [0.717, 1.165) is 11.1 Å². The molecule has 0 heterocycles. The molecule has 1 N–H and O–H groups in total. The Hall–Kier alpha value is -3.47. The fraction of sp³-hybridized carbons (Fsp3) is 0.136. The topological polar surface area (TPSA) is 56.8 Å². The molecule has 138 valence electrons. The molecule has 0 fully saturated rings. The van der Waals surface area contributed by atoms with Gasteiger partial charge in [-0.2, -0.15) is 0 Å².